The lowest BCUT2D eigenvalue weighted by Gasteiger charge is -2.25. The summed E-state index contributed by atoms with van der Waals surface area (Å²) in [5.74, 6) is 0.0775. The first-order valence-electron chi connectivity index (χ1n) is 12.4. The molecule has 0 saturated carbocycles. The van der Waals surface area contributed by atoms with Crippen LogP contribution < -0.4 is 19.2 Å². The van der Waals surface area contributed by atoms with E-state index in [1.54, 1.807) is 60.7 Å². The molecule has 1 amide bonds. The maximum atomic E-state index is 13.5. The van der Waals surface area contributed by atoms with Gasteiger partial charge in [0.1, 0.15) is 24.7 Å². The van der Waals surface area contributed by atoms with Crippen LogP contribution in [0.5, 0.6) is 11.5 Å². The molecule has 11 nitrogen and oxygen atoms in total. The zero-order valence-corrected chi connectivity index (χ0v) is 23.8. The van der Waals surface area contributed by atoms with E-state index in [1.165, 1.54) is 49.7 Å². The van der Waals surface area contributed by atoms with Crippen LogP contribution in [0.1, 0.15) is 11.1 Å². The number of nitrogens with zero attached hydrogens (tertiary/aromatic N) is 3. The minimum Gasteiger partial charge on any atom is -0.495 e. The summed E-state index contributed by atoms with van der Waals surface area (Å²) in [5, 5.41) is 15.0. The van der Waals surface area contributed by atoms with Crippen molar-refractivity contribution in [2.45, 2.75) is 11.5 Å². The molecule has 0 aliphatic rings. The summed E-state index contributed by atoms with van der Waals surface area (Å²) in [6.45, 7) is -0.373. The van der Waals surface area contributed by atoms with Crippen LogP contribution in [0.4, 0.5) is 11.4 Å². The molecule has 0 bridgehead atoms. The molecule has 4 aromatic rings. The molecule has 0 fully saturated rings. The number of nitrogens with one attached hydrogen (secondary N) is 1. The van der Waals surface area contributed by atoms with E-state index in [0.29, 0.717) is 11.3 Å². The Labute approximate surface area is 247 Å². The Hall–Kier alpha value is -4.94. The summed E-state index contributed by atoms with van der Waals surface area (Å²) in [4.78, 5) is 23.1. The number of anilines is 1. The van der Waals surface area contributed by atoms with Crippen molar-refractivity contribution < 1.29 is 27.6 Å². The summed E-state index contributed by atoms with van der Waals surface area (Å²) >= 11 is 6.15. The number of benzene rings is 4. The quantitative estimate of drug-likeness (QED) is 0.133. The third kappa shape index (κ3) is 7.62. The van der Waals surface area contributed by atoms with E-state index in [-0.39, 0.29) is 33.6 Å². The molecule has 0 spiro atoms. The van der Waals surface area contributed by atoms with E-state index in [4.69, 9.17) is 21.1 Å². The first-order chi connectivity index (χ1) is 20.2. The Bertz CT molecular complexity index is 1680. The maximum Gasteiger partial charge on any atom is 0.269 e. The minimum atomic E-state index is -4.17. The van der Waals surface area contributed by atoms with Crippen molar-refractivity contribution in [3.8, 4) is 11.5 Å². The molecule has 0 unspecified atom stereocenters. The van der Waals surface area contributed by atoms with Gasteiger partial charge < -0.3 is 9.47 Å². The smallest absolute Gasteiger partial charge is 0.269 e. The van der Waals surface area contributed by atoms with E-state index < -0.39 is 27.4 Å². The van der Waals surface area contributed by atoms with Gasteiger partial charge in [-0.05, 0) is 77.9 Å². The van der Waals surface area contributed by atoms with Gasteiger partial charge in [-0.25, -0.2) is 13.8 Å². The molecular formula is C29H25ClN4O7S. The van der Waals surface area contributed by atoms with E-state index in [1.807, 2.05) is 0 Å². The molecule has 0 saturated heterocycles. The van der Waals surface area contributed by atoms with Gasteiger partial charge in [0.25, 0.3) is 21.6 Å². The van der Waals surface area contributed by atoms with E-state index in [2.05, 4.69) is 10.5 Å². The summed E-state index contributed by atoms with van der Waals surface area (Å²) in [5.41, 5.74) is 3.86. The molecule has 0 aromatic heterocycles. The van der Waals surface area contributed by atoms with Crippen molar-refractivity contribution in [2.75, 3.05) is 18.0 Å². The molecule has 1 N–H and O–H groups in total. The summed E-state index contributed by atoms with van der Waals surface area (Å²) < 4.78 is 39.0. The monoisotopic (exact) mass is 608 g/mol. The SMILES string of the molecule is COc1ccc(Cl)cc1N(CC(=O)N/N=C\c1ccc(OCc2ccc([N+](=O)[O-])cc2)cc1)S(=O)(=O)c1ccccc1. The summed E-state index contributed by atoms with van der Waals surface area (Å²) in [6, 6.07) is 25.1. The Kier molecular flexibility index (Phi) is 9.73. The fourth-order valence-electron chi connectivity index (χ4n) is 3.75. The van der Waals surface area contributed by atoms with Crippen LogP contribution in [0.15, 0.2) is 107 Å². The van der Waals surface area contributed by atoms with E-state index in [0.717, 1.165) is 9.87 Å². The van der Waals surface area contributed by atoms with Crippen molar-refractivity contribution >= 4 is 45.1 Å². The lowest BCUT2D eigenvalue weighted by atomic mass is 10.2. The number of halogens is 1. The topological polar surface area (TPSA) is 140 Å². The van der Waals surface area contributed by atoms with Gasteiger partial charge in [-0.2, -0.15) is 5.10 Å². The van der Waals surface area contributed by atoms with Crippen LogP contribution in [0.2, 0.25) is 5.02 Å². The molecule has 0 aliphatic heterocycles. The Morgan fingerprint density at radius 3 is 2.36 bits per heavy atom. The molecule has 4 aromatic carbocycles. The van der Waals surface area contributed by atoms with E-state index in [9.17, 15) is 23.3 Å². The number of carbonyl (C=O) groups is 1. The van der Waals surface area contributed by atoms with Crippen LogP contribution in [0.25, 0.3) is 0 Å². The van der Waals surface area contributed by atoms with E-state index >= 15 is 0 Å². The molecule has 13 heteroatoms. The van der Waals surface area contributed by atoms with Crippen LogP contribution in [0, 0.1) is 10.1 Å². The van der Waals surface area contributed by atoms with Gasteiger partial charge in [0, 0.05) is 17.2 Å². The zero-order chi connectivity index (χ0) is 30.1. The fourth-order valence-corrected chi connectivity index (χ4v) is 5.36. The predicted molar refractivity (Wildman–Crippen MR) is 159 cm³/mol. The number of rotatable bonds is 12. The minimum absolute atomic E-state index is 0.00389. The molecular weight excluding hydrogens is 584 g/mol. The van der Waals surface area contributed by atoms with Gasteiger partial charge >= 0.3 is 0 Å². The van der Waals surface area contributed by atoms with Gasteiger partial charge in [-0.15, -0.1) is 0 Å². The Morgan fingerprint density at radius 2 is 1.71 bits per heavy atom. The number of hydrogen-bond donors (Lipinski definition) is 1. The first kappa shape index (κ1) is 30.0. The first-order valence-corrected chi connectivity index (χ1v) is 14.2. The molecule has 0 aliphatic carbocycles. The van der Waals surface area contributed by atoms with Crippen LogP contribution in [-0.4, -0.2) is 39.1 Å². The van der Waals surface area contributed by atoms with Gasteiger partial charge in [0.05, 0.1) is 28.8 Å². The highest BCUT2D eigenvalue weighted by Crippen LogP contribution is 2.34. The number of sulfonamides is 1. The number of hydrogen-bond acceptors (Lipinski definition) is 8. The van der Waals surface area contributed by atoms with Gasteiger partial charge in [-0.1, -0.05) is 29.8 Å². The average molecular weight is 609 g/mol. The Morgan fingerprint density at radius 1 is 1.02 bits per heavy atom. The third-order valence-corrected chi connectivity index (χ3v) is 7.87. The fraction of sp³-hybridized carbons (Fsp3) is 0.103. The molecule has 42 heavy (non-hydrogen) atoms. The predicted octanol–water partition coefficient (Wildman–Crippen LogP) is 5.18. The summed E-state index contributed by atoms with van der Waals surface area (Å²) in [7, 11) is -2.79. The molecule has 0 atom stereocenters. The average Bonchev–Trinajstić information content (AvgIpc) is 3.00. The number of nitro benzene ring substituents is 1. The number of amides is 1. The maximum absolute atomic E-state index is 13.5. The van der Waals surface area contributed by atoms with Gasteiger partial charge in [0.2, 0.25) is 0 Å². The highest BCUT2D eigenvalue weighted by atomic mass is 35.5. The van der Waals surface area contributed by atoms with Crippen LogP contribution >= 0.6 is 11.6 Å². The molecule has 0 radical (unpaired) electrons. The number of hydrazone groups is 1. The van der Waals surface area contributed by atoms with Gasteiger partial charge in [0.15, 0.2) is 0 Å². The van der Waals surface area contributed by atoms with Crippen molar-refractivity contribution in [3.05, 3.63) is 123 Å². The second kappa shape index (κ2) is 13.6. The van der Waals surface area contributed by atoms with Crippen molar-refractivity contribution in [1.29, 1.82) is 0 Å². The number of non-ortho nitro benzene ring substituents is 1. The Balaban J connectivity index is 1.41. The largest absolute Gasteiger partial charge is 0.495 e. The normalized spacial score (nSPS) is 11.2. The number of ether oxygens (including phenoxy) is 2. The molecule has 216 valence electrons. The highest BCUT2D eigenvalue weighted by Gasteiger charge is 2.29. The number of methoxy groups -OCH3 is 1. The van der Waals surface area contributed by atoms with Crippen molar-refractivity contribution in [2.24, 2.45) is 5.10 Å². The molecule has 4 rings (SSSR count). The highest BCUT2D eigenvalue weighted by molar-refractivity contribution is 7.92. The van der Waals surface area contributed by atoms with Crippen molar-refractivity contribution in [3.63, 3.8) is 0 Å². The second-order valence-electron chi connectivity index (χ2n) is 8.72. The zero-order valence-electron chi connectivity index (χ0n) is 22.2. The van der Waals surface area contributed by atoms with Gasteiger partial charge in [-0.3, -0.25) is 19.2 Å². The van der Waals surface area contributed by atoms with Crippen LogP contribution in [0.3, 0.4) is 0 Å². The number of nitro groups is 1. The lowest BCUT2D eigenvalue weighted by Crippen LogP contribution is -2.39. The van der Waals surface area contributed by atoms with Crippen molar-refractivity contribution in [1.82, 2.24) is 5.43 Å². The number of carbonyl (C=O) groups excluding carboxylic acids is 1. The van der Waals surface area contributed by atoms with Crippen LogP contribution in [-0.2, 0) is 21.4 Å². The molecule has 0 heterocycles. The lowest BCUT2D eigenvalue weighted by molar-refractivity contribution is -0.384. The standard InChI is InChI=1S/C29H25ClN4O7S/c1-40-28-16-11-23(30)17-27(28)33(42(38,39)26-5-3-2-4-6-26)19-29(35)32-31-18-21-9-14-25(15-10-21)41-20-22-7-12-24(13-8-22)34(36)37/h2-18H,19-20H2,1H3,(H,32,35)/b31-18-. The third-order valence-electron chi connectivity index (χ3n) is 5.86. The second-order valence-corrected chi connectivity index (χ2v) is 11.0. The summed E-state index contributed by atoms with van der Waals surface area (Å²) in [6.07, 6.45) is 1.40.